The highest BCUT2D eigenvalue weighted by molar-refractivity contribution is 5.91. The van der Waals surface area contributed by atoms with Crippen LogP contribution in [0, 0.1) is 0 Å². The fourth-order valence-corrected chi connectivity index (χ4v) is 2.61. The van der Waals surface area contributed by atoms with Gasteiger partial charge in [0.15, 0.2) is 0 Å². The van der Waals surface area contributed by atoms with Gasteiger partial charge in [0.05, 0.1) is 28.3 Å². The molecule has 2 aromatic heterocycles. The van der Waals surface area contributed by atoms with Crippen LogP contribution < -0.4 is 10.9 Å². The molecule has 7 nitrogen and oxygen atoms in total. The Morgan fingerprint density at radius 3 is 2.67 bits per heavy atom. The van der Waals surface area contributed by atoms with Crippen LogP contribution in [-0.4, -0.2) is 25.4 Å². The zero-order valence-corrected chi connectivity index (χ0v) is 12.6. The summed E-state index contributed by atoms with van der Waals surface area (Å²) in [5, 5.41) is 2.69. The number of aromatic nitrogens is 4. The first-order chi connectivity index (χ1) is 11.7. The number of hydrogen-bond acceptors (Lipinski definition) is 4. The zero-order valence-electron chi connectivity index (χ0n) is 12.6. The summed E-state index contributed by atoms with van der Waals surface area (Å²) in [4.78, 5) is 35.8. The lowest BCUT2D eigenvalue weighted by molar-refractivity contribution is -0.116. The normalized spacial score (nSPS) is 11.0. The predicted octanol–water partition coefficient (Wildman–Crippen LogP) is 1.91. The molecule has 0 aliphatic heterocycles. The second-order valence-corrected chi connectivity index (χ2v) is 5.32. The maximum Gasteiger partial charge on any atom is 0.269 e. The summed E-state index contributed by atoms with van der Waals surface area (Å²) in [6.45, 7) is -0.112. The number of amides is 1. The van der Waals surface area contributed by atoms with Crippen molar-refractivity contribution in [2.24, 2.45) is 0 Å². The standard InChI is InChI=1S/C17H13N5O2/c23-15(21-17-19-11-5-1-2-6-12(11)20-17)10-22-14-8-4-3-7-13(14)18-9-16(22)24/h1-9H,10H2,(H2,19,20,21,23). The molecule has 118 valence electrons. The molecule has 0 saturated heterocycles. The van der Waals surface area contributed by atoms with E-state index in [-0.39, 0.29) is 18.0 Å². The lowest BCUT2D eigenvalue weighted by atomic mass is 10.3. The fraction of sp³-hybridized carbons (Fsp3) is 0.0588. The number of imidazole rings is 1. The Balaban J connectivity index is 1.62. The molecule has 1 amide bonds. The molecule has 0 bridgehead atoms. The van der Waals surface area contributed by atoms with Crippen molar-refractivity contribution in [3.05, 3.63) is 65.1 Å². The maximum atomic E-state index is 12.3. The van der Waals surface area contributed by atoms with Crippen molar-refractivity contribution in [1.29, 1.82) is 0 Å². The van der Waals surface area contributed by atoms with Crippen molar-refractivity contribution in [2.45, 2.75) is 6.54 Å². The second kappa shape index (κ2) is 5.62. The van der Waals surface area contributed by atoms with Crippen LogP contribution in [0.4, 0.5) is 5.95 Å². The van der Waals surface area contributed by atoms with E-state index in [4.69, 9.17) is 0 Å². The van der Waals surface area contributed by atoms with Crippen LogP contribution in [-0.2, 0) is 11.3 Å². The first-order valence-corrected chi connectivity index (χ1v) is 7.40. The maximum absolute atomic E-state index is 12.3. The lowest BCUT2D eigenvalue weighted by Gasteiger charge is -2.08. The molecule has 0 spiro atoms. The van der Waals surface area contributed by atoms with E-state index >= 15 is 0 Å². The number of carbonyl (C=O) groups excluding carboxylic acids is 1. The third kappa shape index (κ3) is 2.52. The minimum absolute atomic E-state index is 0.112. The van der Waals surface area contributed by atoms with Gasteiger partial charge >= 0.3 is 0 Å². The first-order valence-electron chi connectivity index (χ1n) is 7.40. The van der Waals surface area contributed by atoms with Gasteiger partial charge in [0.25, 0.3) is 5.56 Å². The Morgan fingerprint density at radius 1 is 1.08 bits per heavy atom. The molecule has 0 fully saturated rings. The Bertz CT molecular complexity index is 1080. The third-order valence-corrected chi connectivity index (χ3v) is 3.70. The summed E-state index contributed by atoms with van der Waals surface area (Å²) in [6.07, 6.45) is 1.22. The smallest absolute Gasteiger partial charge is 0.269 e. The van der Waals surface area contributed by atoms with Crippen LogP contribution in [0.1, 0.15) is 0 Å². The number of anilines is 1. The van der Waals surface area contributed by atoms with Gasteiger partial charge in [0, 0.05) is 0 Å². The molecule has 2 aromatic carbocycles. The van der Waals surface area contributed by atoms with Crippen LogP contribution in [0.15, 0.2) is 59.5 Å². The molecule has 2 N–H and O–H groups in total. The number of H-pyrrole nitrogens is 1. The predicted molar refractivity (Wildman–Crippen MR) is 90.7 cm³/mol. The monoisotopic (exact) mass is 319 g/mol. The molecular formula is C17H13N5O2. The molecule has 0 aliphatic rings. The Kier molecular flexibility index (Phi) is 3.31. The Hall–Kier alpha value is -3.48. The summed E-state index contributed by atoms with van der Waals surface area (Å²) in [5.41, 5.74) is 2.55. The van der Waals surface area contributed by atoms with Gasteiger partial charge in [-0.1, -0.05) is 24.3 Å². The number of rotatable bonds is 3. The number of nitrogens with one attached hydrogen (secondary N) is 2. The number of nitrogens with zero attached hydrogens (tertiary/aromatic N) is 3. The van der Waals surface area contributed by atoms with Gasteiger partial charge in [-0.05, 0) is 24.3 Å². The highest BCUT2D eigenvalue weighted by Gasteiger charge is 2.11. The number of carbonyl (C=O) groups is 1. The zero-order chi connectivity index (χ0) is 16.5. The molecule has 0 aliphatic carbocycles. The summed E-state index contributed by atoms with van der Waals surface area (Å²) in [6, 6.07) is 14.7. The summed E-state index contributed by atoms with van der Waals surface area (Å²) in [5.74, 6) is 0.0140. The van der Waals surface area contributed by atoms with E-state index < -0.39 is 0 Å². The average Bonchev–Trinajstić information content (AvgIpc) is 2.99. The van der Waals surface area contributed by atoms with E-state index in [1.54, 1.807) is 18.2 Å². The van der Waals surface area contributed by atoms with Gasteiger partial charge in [0.2, 0.25) is 11.9 Å². The minimum Gasteiger partial charge on any atom is -0.324 e. The topological polar surface area (TPSA) is 92.7 Å². The van der Waals surface area contributed by atoms with Crippen LogP contribution in [0.3, 0.4) is 0 Å². The van der Waals surface area contributed by atoms with Crippen molar-refractivity contribution in [1.82, 2.24) is 19.5 Å². The molecule has 0 atom stereocenters. The molecular weight excluding hydrogens is 306 g/mol. The van der Waals surface area contributed by atoms with Crippen LogP contribution >= 0.6 is 0 Å². The van der Waals surface area contributed by atoms with Gasteiger partial charge in [-0.15, -0.1) is 0 Å². The van der Waals surface area contributed by atoms with E-state index in [0.717, 1.165) is 11.0 Å². The van der Waals surface area contributed by atoms with Crippen molar-refractivity contribution >= 4 is 33.9 Å². The Morgan fingerprint density at radius 2 is 1.83 bits per heavy atom. The fourth-order valence-electron chi connectivity index (χ4n) is 2.61. The number of fused-ring (bicyclic) bond motifs is 2. The minimum atomic E-state index is -0.340. The van der Waals surface area contributed by atoms with E-state index in [1.165, 1.54) is 10.8 Å². The number of benzene rings is 2. The second-order valence-electron chi connectivity index (χ2n) is 5.32. The lowest BCUT2D eigenvalue weighted by Crippen LogP contribution is -2.28. The molecule has 4 rings (SSSR count). The number of hydrogen-bond donors (Lipinski definition) is 2. The molecule has 2 heterocycles. The summed E-state index contributed by atoms with van der Waals surface area (Å²) in [7, 11) is 0. The van der Waals surface area contributed by atoms with Crippen LogP contribution in [0.5, 0.6) is 0 Å². The van der Waals surface area contributed by atoms with Gasteiger partial charge < -0.3 is 4.98 Å². The molecule has 24 heavy (non-hydrogen) atoms. The van der Waals surface area contributed by atoms with Gasteiger partial charge in [-0.3, -0.25) is 19.5 Å². The van der Waals surface area contributed by atoms with Gasteiger partial charge in [-0.25, -0.2) is 9.97 Å². The third-order valence-electron chi connectivity index (χ3n) is 3.70. The first kappa shape index (κ1) is 14.1. The summed E-state index contributed by atoms with van der Waals surface area (Å²) < 4.78 is 1.39. The molecule has 0 saturated carbocycles. The number of para-hydroxylation sites is 4. The van der Waals surface area contributed by atoms with Crippen LogP contribution in [0.25, 0.3) is 22.1 Å². The molecule has 0 radical (unpaired) electrons. The highest BCUT2D eigenvalue weighted by atomic mass is 16.2. The van der Waals surface area contributed by atoms with E-state index in [1.807, 2.05) is 30.3 Å². The van der Waals surface area contributed by atoms with Crippen molar-refractivity contribution in [3.8, 4) is 0 Å². The SMILES string of the molecule is O=C(Cn1c(=O)cnc2ccccc21)Nc1nc2ccccc2[nH]1. The van der Waals surface area contributed by atoms with Crippen molar-refractivity contribution in [3.63, 3.8) is 0 Å². The summed E-state index contributed by atoms with van der Waals surface area (Å²) >= 11 is 0. The average molecular weight is 319 g/mol. The van der Waals surface area contributed by atoms with E-state index in [9.17, 15) is 9.59 Å². The van der Waals surface area contributed by atoms with E-state index in [2.05, 4.69) is 20.3 Å². The largest absolute Gasteiger partial charge is 0.324 e. The number of aromatic amines is 1. The van der Waals surface area contributed by atoms with Crippen LogP contribution in [0.2, 0.25) is 0 Å². The quantitative estimate of drug-likeness (QED) is 0.603. The van der Waals surface area contributed by atoms with Gasteiger partial charge in [-0.2, -0.15) is 0 Å². The molecule has 0 unspecified atom stereocenters. The van der Waals surface area contributed by atoms with E-state index in [0.29, 0.717) is 17.0 Å². The highest BCUT2D eigenvalue weighted by Crippen LogP contribution is 2.13. The van der Waals surface area contributed by atoms with Crippen molar-refractivity contribution in [2.75, 3.05) is 5.32 Å². The Labute approximate surface area is 136 Å². The molecule has 7 heteroatoms. The van der Waals surface area contributed by atoms with Gasteiger partial charge in [0.1, 0.15) is 6.54 Å². The molecule has 4 aromatic rings. The van der Waals surface area contributed by atoms with Crippen molar-refractivity contribution < 1.29 is 4.79 Å².